The molecule has 0 saturated carbocycles. The summed E-state index contributed by atoms with van der Waals surface area (Å²) in [7, 11) is -3.59. The molecule has 24 heavy (non-hydrogen) atoms. The molecular weight excluding hydrogens is 331 g/mol. The largest absolute Gasteiger partial charge is 0.347 e. The molecule has 1 aliphatic heterocycles. The van der Waals surface area contributed by atoms with Crippen molar-refractivity contribution in [3.8, 4) is 0 Å². The minimum absolute atomic E-state index is 0.117. The first-order chi connectivity index (χ1) is 11.5. The van der Waals surface area contributed by atoms with E-state index in [1.807, 2.05) is 6.92 Å². The fourth-order valence-corrected chi connectivity index (χ4v) is 4.59. The van der Waals surface area contributed by atoms with Crippen LogP contribution in [-0.4, -0.2) is 53.8 Å². The SMILES string of the molecule is CCN1CCN(S(=O)(=O)Cc2ccccc2F)C[C@H]1c1ncc[nH]1. The standard InChI is InChI=1S/C16H21FN4O2S/c1-2-20-9-10-21(11-15(20)16-18-7-8-19-16)24(22,23)12-13-5-3-4-6-14(13)17/h3-8,15H,2,9-12H2,1H3,(H,18,19)/t15-/m0/s1. The first-order valence-corrected chi connectivity index (χ1v) is 9.56. The number of piperazine rings is 1. The van der Waals surface area contributed by atoms with Crippen molar-refractivity contribution >= 4 is 10.0 Å². The summed E-state index contributed by atoms with van der Waals surface area (Å²) < 4.78 is 40.7. The molecule has 6 nitrogen and oxygen atoms in total. The third kappa shape index (κ3) is 3.50. The molecule has 1 fully saturated rings. The predicted molar refractivity (Wildman–Crippen MR) is 89.2 cm³/mol. The number of aromatic nitrogens is 2. The molecule has 1 saturated heterocycles. The summed E-state index contributed by atoms with van der Waals surface area (Å²) in [4.78, 5) is 9.53. The molecule has 3 rings (SSSR count). The van der Waals surface area contributed by atoms with Gasteiger partial charge in [0.1, 0.15) is 11.6 Å². The lowest BCUT2D eigenvalue weighted by Gasteiger charge is -2.39. The molecule has 1 aliphatic rings. The van der Waals surface area contributed by atoms with Crippen molar-refractivity contribution in [1.29, 1.82) is 0 Å². The highest BCUT2D eigenvalue weighted by atomic mass is 32.2. The van der Waals surface area contributed by atoms with E-state index in [1.54, 1.807) is 24.5 Å². The predicted octanol–water partition coefficient (Wildman–Crippen LogP) is 1.76. The first kappa shape index (κ1) is 17.1. The summed E-state index contributed by atoms with van der Waals surface area (Å²) in [6.45, 7) is 4.20. The van der Waals surface area contributed by atoms with Crippen molar-refractivity contribution in [2.75, 3.05) is 26.2 Å². The Balaban J connectivity index is 1.80. The minimum Gasteiger partial charge on any atom is -0.347 e. The van der Waals surface area contributed by atoms with Gasteiger partial charge in [-0.05, 0) is 12.6 Å². The second kappa shape index (κ2) is 7.00. The number of H-pyrrole nitrogens is 1. The Morgan fingerprint density at radius 2 is 2.12 bits per heavy atom. The van der Waals surface area contributed by atoms with Crippen LogP contribution in [0.3, 0.4) is 0 Å². The van der Waals surface area contributed by atoms with Crippen LogP contribution >= 0.6 is 0 Å². The van der Waals surface area contributed by atoms with E-state index in [-0.39, 0.29) is 17.4 Å². The van der Waals surface area contributed by atoms with Gasteiger partial charge in [-0.2, -0.15) is 4.31 Å². The van der Waals surface area contributed by atoms with Crippen molar-refractivity contribution in [2.45, 2.75) is 18.7 Å². The number of likely N-dealkylation sites (N-methyl/N-ethyl adjacent to an activating group) is 1. The van der Waals surface area contributed by atoms with Gasteiger partial charge < -0.3 is 4.98 Å². The fourth-order valence-electron chi connectivity index (χ4n) is 3.05. The van der Waals surface area contributed by atoms with Crippen molar-refractivity contribution in [1.82, 2.24) is 19.2 Å². The molecule has 8 heteroatoms. The van der Waals surface area contributed by atoms with Gasteiger partial charge in [0.25, 0.3) is 0 Å². The first-order valence-electron chi connectivity index (χ1n) is 7.96. The van der Waals surface area contributed by atoms with Crippen LogP contribution in [0.15, 0.2) is 36.7 Å². The number of halogens is 1. The third-order valence-electron chi connectivity index (χ3n) is 4.38. The molecule has 0 unspecified atom stereocenters. The molecule has 2 aromatic rings. The van der Waals surface area contributed by atoms with Gasteiger partial charge in [-0.25, -0.2) is 17.8 Å². The molecule has 2 heterocycles. The number of benzene rings is 1. The van der Waals surface area contributed by atoms with Gasteiger partial charge in [-0.3, -0.25) is 4.90 Å². The number of nitrogens with zero attached hydrogens (tertiary/aromatic N) is 3. The van der Waals surface area contributed by atoms with Gasteiger partial charge in [-0.1, -0.05) is 25.1 Å². The molecular formula is C16H21FN4O2S. The van der Waals surface area contributed by atoms with E-state index in [0.29, 0.717) is 19.6 Å². The summed E-state index contributed by atoms with van der Waals surface area (Å²) in [5.41, 5.74) is 0.199. The van der Waals surface area contributed by atoms with Crippen LogP contribution in [0.1, 0.15) is 24.4 Å². The van der Waals surface area contributed by atoms with Crippen molar-refractivity contribution < 1.29 is 12.8 Å². The summed E-state index contributed by atoms with van der Waals surface area (Å²) in [6.07, 6.45) is 3.39. The maximum Gasteiger partial charge on any atom is 0.218 e. The molecule has 0 aliphatic carbocycles. The molecule has 1 atom stereocenters. The second-order valence-corrected chi connectivity index (χ2v) is 7.79. The number of aromatic amines is 1. The van der Waals surface area contributed by atoms with Crippen molar-refractivity contribution in [2.24, 2.45) is 0 Å². The number of nitrogens with one attached hydrogen (secondary N) is 1. The average molecular weight is 352 g/mol. The molecule has 130 valence electrons. The van der Waals surface area contributed by atoms with Gasteiger partial charge in [-0.15, -0.1) is 0 Å². The Labute approximate surface area is 141 Å². The van der Waals surface area contributed by atoms with E-state index >= 15 is 0 Å². The van der Waals surface area contributed by atoms with Crippen LogP contribution in [0.25, 0.3) is 0 Å². The van der Waals surface area contributed by atoms with E-state index in [1.165, 1.54) is 16.4 Å². The van der Waals surface area contributed by atoms with Crippen LogP contribution in [0.2, 0.25) is 0 Å². The van der Waals surface area contributed by atoms with E-state index in [9.17, 15) is 12.8 Å². The summed E-state index contributed by atoms with van der Waals surface area (Å²) in [6, 6.07) is 5.88. The normalized spacial score (nSPS) is 20.3. The maximum atomic E-state index is 13.8. The zero-order valence-corrected chi connectivity index (χ0v) is 14.3. The van der Waals surface area contributed by atoms with Gasteiger partial charge in [0.05, 0.1) is 11.8 Å². The quantitative estimate of drug-likeness (QED) is 0.890. The molecule has 0 spiro atoms. The Kier molecular flexibility index (Phi) is 4.98. The third-order valence-corrected chi connectivity index (χ3v) is 6.18. The minimum atomic E-state index is -3.59. The Hall–Kier alpha value is -1.77. The van der Waals surface area contributed by atoms with Gasteiger partial charge in [0.15, 0.2) is 0 Å². The lowest BCUT2D eigenvalue weighted by atomic mass is 10.2. The summed E-state index contributed by atoms with van der Waals surface area (Å²) in [5.74, 6) is -0.0602. The molecule has 0 amide bonds. The molecule has 1 aromatic carbocycles. The monoisotopic (exact) mass is 352 g/mol. The lowest BCUT2D eigenvalue weighted by molar-refractivity contribution is 0.119. The highest BCUT2D eigenvalue weighted by Gasteiger charge is 2.34. The number of sulfonamides is 1. The molecule has 1 N–H and O–H groups in total. The van der Waals surface area contributed by atoms with Crippen LogP contribution in [-0.2, 0) is 15.8 Å². The van der Waals surface area contributed by atoms with E-state index in [0.717, 1.165) is 12.4 Å². The number of hydrogen-bond acceptors (Lipinski definition) is 4. The Morgan fingerprint density at radius 1 is 1.33 bits per heavy atom. The maximum absolute atomic E-state index is 13.8. The molecule has 0 radical (unpaired) electrons. The van der Waals surface area contributed by atoms with Crippen LogP contribution in [0.4, 0.5) is 4.39 Å². The van der Waals surface area contributed by atoms with Crippen LogP contribution < -0.4 is 0 Å². The van der Waals surface area contributed by atoms with Gasteiger partial charge in [0, 0.05) is 37.6 Å². The second-order valence-electron chi connectivity index (χ2n) is 5.82. The topological polar surface area (TPSA) is 69.3 Å². The smallest absolute Gasteiger partial charge is 0.218 e. The lowest BCUT2D eigenvalue weighted by Crippen LogP contribution is -2.50. The van der Waals surface area contributed by atoms with Crippen LogP contribution in [0, 0.1) is 5.82 Å². The van der Waals surface area contributed by atoms with Crippen molar-refractivity contribution in [3.63, 3.8) is 0 Å². The molecule has 0 bridgehead atoms. The fraction of sp³-hybridized carbons (Fsp3) is 0.438. The highest BCUT2D eigenvalue weighted by molar-refractivity contribution is 7.88. The number of hydrogen-bond donors (Lipinski definition) is 1. The summed E-state index contributed by atoms with van der Waals surface area (Å²) in [5, 5.41) is 0. The Morgan fingerprint density at radius 3 is 2.79 bits per heavy atom. The summed E-state index contributed by atoms with van der Waals surface area (Å²) >= 11 is 0. The van der Waals surface area contributed by atoms with Gasteiger partial charge in [0.2, 0.25) is 10.0 Å². The average Bonchev–Trinajstić information content (AvgIpc) is 3.10. The number of imidazole rings is 1. The van der Waals surface area contributed by atoms with Gasteiger partial charge >= 0.3 is 0 Å². The molecule has 1 aromatic heterocycles. The zero-order chi connectivity index (χ0) is 17.2. The van der Waals surface area contributed by atoms with Crippen LogP contribution in [0.5, 0.6) is 0 Å². The highest BCUT2D eigenvalue weighted by Crippen LogP contribution is 2.25. The van der Waals surface area contributed by atoms with E-state index < -0.39 is 15.8 Å². The number of rotatable bonds is 5. The zero-order valence-electron chi connectivity index (χ0n) is 13.5. The van der Waals surface area contributed by atoms with E-state index in [4.69, 9.17) is 0 Å². The van der Waals surface area contributed by atoms with Crippen molar-refractivity contribution in [3.05, 3.63) is 53.9 Å². The van der Waals surface area contributed by atoms with E-state index in [2.05, 4.69) is 14.9 Å². The Bertz CT molecular complexity index is 779.